The van der Waals surface area contributed by atoms with Gasteiger partial charge < -0.3 is 14.9 Å². The van der Waals surface area contributed by atoms with Crippen LogP contribution >= 0.6 is 0 Å². The first-order valence-electron chi connectivity index (χ1n) is 12.1. The number of rotatable bonds is 6. The van der Waals surface area contributed by atoms with Gasteiger partial charge in [0.1, 0.15) is 23.9 Å². The number of nitrogens with zero attached hydrogens (tertiary/aromatic N) is 1. The maximum Gasteiger partial charge on any atom is 0.300 e. The fourth-order valence-corrected chi connectivity index (χ4v) is 4.59. The number of anilines is 1. The molecule has 0 aromatic heterocycles. The van der Waals surface area contributed by atoms with Crippen molar-refractivity contribution < 1.29 is 33.3 Å². The van der Waals surface area contributed by atoms with E-state index in [-0.39, 0.29) is 22.6 Å². The van der Waals surface area contributed by atoms with Crippen molar-refractivity contribution in [3.05, 3.63) is 130 Å². The van der Waals surface area contributed by atoms with Crippen LogP contribution < -0.4 is 9.64 Å². The van der Waals surface area contributed by atoms with Gasteiger partial charge >= 0.3 is 0 Å². The third kappa shape index (κ3) is 4.96. The molecule has 1 unspecified atom stereocenters. The van der Waals surface area contributed by atoms with E-state index in [0.29, 0.717) is 23.5 Å². The van der Waals surface area contributed by atoms with E-state index in [4.69, 9.17) is 4.74 Å². The molecule has 8 heteroatoms. The molecular formula is C31H23F2NO5. The summed E-state index contributed by atoms with van der Waals surface area (Å²) in [6.07, 6.45) is 0. The van der Waals surface area contributed by atoms with E-state index in [2.05, 4.69) is 0 Å². The second-order valence-corrected chi connectivity index (χ2v) is 9.12. The molecule has 0 saturated carbocycles. The Hall–Kier alpha value is -4.98. The molecule has 196 valence electrons. The molecular weight excluding hydrogens is 504 g/mol. The van der Waals surface area contributed by atoms with Crippen molar-refractivity contribution in [3.63, 3.8) is 0 Å². The van der Waals surface area contributed by atoms with Crippen molar-refractivity contribution in [3.8, 4) is 11.5 Å². The number of phenolic OH excluding ortho intramolecular Hbond substituents is 1. The second kappa shape index (κ2) is 10.4. The molecule has 0 bridgehead atoms. The molecule has 1 amide bonds. The lowest BCUT2D eigenvalue weighted by molar-refractivity contribution is -0.132. The molecule has 2 N–H and O–H groups in total. The summed E-state index contributed by atoms with van der Waals surface area (Å²) in [5.74, 6) is -4.38. The number of carbonyl (C=O) groups is 2. The summed E-state index contributed by atoms with van der Waals surface area (Å²) >= 11 is 0. The molecule has 6 nitrogen and oxygen atoms in total. The van der Waals surface area contributed by atoms with Gasteiger partial charge in [0.05, 0.1) is 11.6 Å². The smallest absolute Gasteiger partial charge is 0.300 e. The zero-order valence-corrected chi connectivity index (χ0v) is 20.8. The van der Waals surface area contributed by atoms with Crippen LogP contribution in [0, 0.1) is 18.6 Å². The fraction of sp³-hybridized carbons (Fsp3) is 0.0968. The summed E-state index contributed by atoms with van der Waals surface area (Å²) < 4.78 is 33.7. The highest BCUT2D eigenvalue weighted by atomic mass is 19.2. The van der Waals surface area contributed by atoms with Crippen LogP contribution in [0.5, 0.6) is 11.5 Å². The second-order valence-electron chi connectivity index (χ2n) is 9.12. The zero-order chi connectivity index (χ0) is 27.7. The first kappa shape index (κ1) is 25.7. The molecule has 0 radical (unpaired) electrons. The van der Waals surface area contributed by atoms with E-state index < -0.39 is 35.1 Å². The number of ether oxygens (including phenoxy) is 1. The summed E-state index contributed by atoms with van der Waals surface area (Å²) in [6, 6.07) is 21.9. The Balaban J connectivity index is 1.57. The number of aliphatic hydroxyl groups excluding tert-OH is 1. The minimum atomic E-state index is -1.21. The lowest BCUT2D eigenvalue weighted by Gasteiger charge is -2.25. The van der Waals surface area contributed by atoms with Gasteiger partial charge in [0.2, 0.25) is 0 Å². The van der Waals surface area contributed by atoms with Gasteiger partial charge in [-0.3, -0.25) is 14.5 Å². The molecule has 39 heavy (non-hydrogen) atoms. The van der Waals surface area contributed by atoms with E-state index in [1.807, 2.05) is 30.3 Å². The Labute approximate surface area is 223 Å². The molecule has 5 rings (SSSR count). The summed E-state index contributed by atoms with van der Waals surface area (Å²) in [7, 11) is 0. The van der Waals surface area contributed by atoms with Gasteiger partial charge in [-0.25, -0.2) is 8.78 Å². The Morgan fingerprint density at radius 1 is 0.897 bits per heavy atom. The van der Waals surface area contributed by atoms with Gasteiger partial charge in [0, 0.05) is 17.3 Å². The predicted molar refractivity (Wildman–Crippen MR) is 141 cm³/mol. The van der Waals surface area contributed by atoms with Crippen molar-refractivity contribution in [1.82, 2.24) is 0 Å². The quantitative estimate of drug-likeness (QED) is 0.178. The average molecular weight is 528 g/mol. The molecule has 1 heterocycles. The highest BCUT2D eigenvalue weighted by molar-refractivity contribution is 6.51. The number of hydrogen-bond acceptors (Lipinski definition) is 5. The van der Waals surface area contributed by atoms with Gasteiger partial charge in [-0.2, -0.15) is 0 Å². The number of Topliss-reactive ketones (excluding diaryl/α,β-unsaturated/α-hetero) is 1. The summed E-state index contributed by atoms with van der Waals surface area (Å²) in [4.78, 5) is 27.4. The van der Waals surface area contributed by atoms with E-state index >= 15 is 0 Å². The molecule has 1 saturated heterocycles. The molecule has 0 spiro atoms. The van der Waals surface area contributed by atoms with Gasteiger partial charge in [0.25, 0.3) is 11.7 Å². The van der Waals surface area contributed by atoms with Crippen LogP contribution in [-0.4, -0.2) is 21.9 Å². The van der Waals surface area contributed by atoms with Crippen LogP contribution in [0.2, 0.25) is 0 Å². The summed E-state index contributed by atoms with van der Waals surface area (Å²) in [5, 5.41) is 21.4. The molecule has 1 aliphatic rings. The van der Waals surface area contributed by atoms with Crippen molar-refractivity contribution in [2.24, 2.45) is 0 Å². The Bertz CT molecular complexity index is 1620. The SMILES string of the molecule is Cc1cc(/C(O)=C2\C(=O)C(=O)N(c3ccc(F)c(F)c3)C2c2cccc(O)c2)ccc1OCc1ccccc1. The predicted octanol–water partition coefficient (Wildman–Crippen LogP) is 6.18. The van der Waals surface area contributed by atoms with Crippen LogP contribution in [0.4, 0.5) is 14.5 Å². The summed E-state index contributed by atoms with van der Waals surface area (Å²) in [5.41, 5.74) is 1.87. The van der Waals surface area contributed by atoms with Crippen LogP contribution in [0.15, 0.2) is 96.6 Å². The highest BCUT2D eigenvalue weighted by Crippen LogP contribution is 2.43. The fourth-order valence-electron chi connectivity index (χ4n) is 4.59. The number of halogens is 2. The molecule has 1 fully saturated rings. The number of aliphatic hydroxyl groups is 1. The number of phenols is 1. The number of aromatic hydroxyl groups is 1. The third-order valence-electron chi connectivity index (χ3n) is 6.50. The normalized spacial score (nSPS) is 16.5. The molecule has 0 aliphatic carbocycles. The average Bonchev–Trinajstić information content (AvgIpc) is 3.20. The maximum absolute atomic E-state index is 14.1. The van der Waals surface area contributed by atoms with Gasteiger partial charge in [-0.1, -0.05) is 42.5 Å². The third-order valence-corrected chi connectivity index (χ3v) is 6.50. The first-order chi connectivity index (χ1) is 18.7. The minimum absolute atomic E-state index is 0.0794. The lowest BCUT2D eigenvalue weighted by atomic mass is 9.94. The van der Waals surface area contributed by atoms with Gasteiger partial charge in [0.15, 0.2) is 11.6 Å². The standard InChI is InChI=1S/C31H23F2NO5/c1-18-14-21(10-13-26(18)39-17-19-6-3-2-4-7-19)29(36)27-28(20-8-5-9-23(35)15-20)34(31(38)30(27)37)22-11-12-24(32)25(33)16-22/h2-16,28,35-36H,17H2,1H3/b29-27+. The van der Waals surface area contributed by atoms with Crippen molar-refractivity contribution in [1.29, 1.82) is 0 Å². The van der Waals surface area contributed by atoms with E-state index in [1.54, 1.807) is 31.2 Å². The largest absolute Gasteiger partial charge is 0.508 e. The first-order valence-corrected chi connectivity index (χ1v) is 12.1. The monoisotopic (exact) mass is 527 g/mol. The Morgan fingerprint density at radius 2 is 1.67 bits per heavy atom. The maximum atomic E-state index is 14.1. The highest BCUT2D eigenvalue weighted by Gasteiger charge is 2.47. The zero-order valence-electron chi connectivity index (χ0n) is 20.8. The number of hydrogen-bond donors (Lipinski definition) is 2. The number of aryl methyl sites for hydroxylation is 1. The van der Waals surface area contributed by atoms with Gasteiger partial charge in [-0.15, -0.1) is 0 Å². The van der Waals surface area contributed by atoms with Crippen molar-refractivity contribution >= 4 is 23.1 Å². The van der Waals surface area contributed by atoms with Crippen LogP contribution in [-0.2, 0) is 16.2 Å². The number of benzene rings is 4. The Kier molecular flexibility index (Phi) is 6.85. The Morgan fingerprint density at radius 3 is 2.36 bits per heavy atom. The van der Waals surface area contributed by atoms with E-state index in [1.165, 1.54) is 24.3 Å². The summed E-state index contributed by atoms with van der Waals surface area (Å²) in [6.45, 7) is 2.12. The van der Waals surface area contributed by atoms with E-state index in [9.17, 15) is 28.6 Å². The number of ketones is 1. The number of carbonyl (C=O) groups excluding carboxylic acids is 2. The van der Waals surface area contributed by atoms with Crippen LogP contribution in [0.1, 0.15) is 28.3 Å². The topological polar surface area (TPSA) is 87.1 Å². The molecule has 4 aromatic carbocycles. The molecule has 4 aromatic rings. The van der Waals surface area contributed by atoms with Crippen LogP contribution in [0.3, 0.4) is 0 Å². The van der Waals surface area contributed by atoms with Crippen molar-refractivity contribution in [2.45, 2.75) is 19.6 Å². The van der Waals surface area contributed by atoms with Gasteiger partial charge in [-0.05, 0) is 66.1 Å². The number of amides is 1. The molecule has 1 atom stereocenters. The minimum Gasteiger partial charge on any atom is -0.508 e. The lowest BCUT2D eigenvalue weighted by Crippen LogP contribution is -2.29. The van der Waals surface area contributed by atoms with E-state index in [0.717, 1.165) is 22.6 Å². The van der Waals surface area contributed by atoms with Crippen molar-refractivity contribution in [2.75, 3.05) is 4.90 Å². The molecule has 1 aliphatic heterocycles. The van der Waals surface area contributed by atoms with Crippen LogP contribution in [0.25, 0.3) is 5.76 Å².